The maximum absolute atomic E-state index is 13.2. The maximum Gasteiger partial charge on any atom is 0.254 e. The second-order valence-corrected chi connectivity index (χ2v) is 7.85. The van der Waals surface area contributed by atoms with E-state index in [1.54, 1.807) is 17.9 Å². The average molecular weight is 429 g/mol. The highest BCUT2D eigenvalue weighted by atomic mass is 16.5. The number of rotatable bonds is 10. The fraction of sp³-hybridized carbons (Fsp3) is 0.522. The molecule has 0 aliphatic carbocycles. The fourth-order valence-electron chi connectivity index (χ4n) is 3.50. The van der Waals surface area contributed by atoms with Gasteiger partial charge in [-0.1, -0.05) is 30.6 Å². The van der Waals surface area contributed by atoms with E-state index in [9.17, 15) is 9.59 Å². The van der Waals surface area contributed by atoms with Gasteiger partial charge in [0.1, 0.15) is 12.3 Å². The largest absolute Gasteiger partial charge is 0.379 e. The molecule has 1 aliphatic rings. The van der Waals surface area contributed by atoms with Crippen LogP contribution in [0.5, 0.6) is 0 Å². The van der Waals surface area contributed by atoms with Crippen LogP contribution in [0.25, 0.3) is 0 Å². The standard InChI is InChI=1S/C23H32N4O4/c1-3-4-5-19-6-8-20(9-7-19)23(29)27(11-10-26-12-14-30-15-13-26)17-22(28)24-21-16-18(2)31-25-21/h6-9,16H,3-5,10-15,17H2,1-2H3,(H,24,25,28). The smallest absolute Gasteiger partial charge is 0.254 e. The SMILES string of the molecule is CCCCc1ccc(C(=O)N(CCN2CCOCC2)CC(=O)Nc2cc(C)on2)cc1. The summed E-state index contributed by atoms with van der Waals surface area (Å²) in [6, 6.07) is 9.36. The minimum atomic E-state index is -0.303. The van der Waals surface area contributed by atoms with Crippen LogP contribution in [-0.4, -0.2) is 72.7 Å². The summed E-state index contributed by atoms with van der Waals surface area (Å²) in [5, 5.41) is 6.49. The lowest BCUT2D eigenvalue weighted by Crippen LogP contribution is -2.45. The van der Waals surface area contributed by atoms with E-state index < -0.39 is 0 Å². The molecule has 1 saturated heterocycles. The Kier molecular flexibility index (Phi) is 8.61. The first-order valence-electron chi connectivity index (χ1n) is 11.0. The molecule has 168 valence electrons. The number of benzene rings is 1. The molecule has 8 heteroatoms. The first-order chi connectivity index (χ1) is 15.0. The van der Waals surface area contributed by atoms with E-state index >= 15 is 0 Å². The van der Waals surface area contributed by atoms with Gasteiger partial charge >= 0.3 is 0 Å². The first-order valence-corrected chi connectivity index (χ1v) is 11.0. The molecule has 2 aromatic rings. The number of nitrogens with zero attached hydrogens (tertiary/aromatic N) is 3. The fourth-order valence-corrected chi connectivity index (χ4v) is 3.50. The van der Waals surface area contributed by atoms with Crippen LogP contribution < -0.4 is 5.32 Å². The molecule has 1 aromatic heterocycles. The van der Waals surface area contributed by atoms with Crippen molar-refractivity contribution in [3.8, 4) is 0 Å². The number of hydrogen-bond acceptors (Lipinski definition) is 6. The number of aryl methyl sites for hydroxylation is 2. The van der Waals surface area contributed by atoms with Gasteiger partial charge in [0, 0.05) is 37.8 Å². The summed E-state index contributed by atoms with van der Waals surface area (Å²) in [4.78, 5) is 29.6. The molecule has 0 unspecified atom stereocenters. The van der Waals surface area contributed by atoms with E-state index in [2.05, 4.69) is 22.3 Å². The number of anilines is 1. The quantitative estimate of drug-likeness (QED) is 0.626. The topological polar surface area (TPSA) is 87.9 Å². The highest BCUT2D eigenvalue weighted by Gasteiger charge is 2.21. The van der Waals surface area contributed by atoms with E-state index in [1.165, 1.54) is 5.56 Å². The zero-order valence-electron chi connectivity index (χ0n) is 18.4. The molecule has 31 heavy (non-hydrogen) atoms. The summed E-state index contributed by atoms with van der Waals surface area (Å²) >= 11 is 0. The zero-order chi connectivity index (χ0) is 22.1. The Bertz CT molecular complexity index is 844. The normalized spacial score (nSPS) is 14.4. The van der Waals surface area contributed by atoms with E-state index in [0.717, 1.165) is 32.4 Å². The Balaban J connectivity index is 1.65. The van der Waals surface area contributed by atoms with E-state index in [1.807, 2.05) is 24.3 Å². The van der Waals surface area contributed by atoms with Gasteiger partial charge in [-0.15, -0.1) is 0 Å². The molecule has 1 fully saturated rings. The van der Waals surface area contributed by atoms with Gasteiger partial charge in [0.2, 0.25) is 5.91 Å². The minimum absolute atomic E-state index is 0.0489. The molecule has 0 radical (unpaired) electrons. The number of morpholine rings is 1. The number of carbonyl (C=O) groups is 2. The highest BCUT2D eigenvalue weighted by molar-refractivity contribution is 5.99. The summed E-state index contributed by atoms with van der Waals surface area (Å²) in [6.45, 7) is 8.07. The van der Waals surface area contributed by atoms with Gasteiger partial charge in [0.25, 0.3) is 5.91 Å². The van der Waals surface area contributed by atoms with Crippen LogP contribution in [0.3, 0.4) is 0 Å². The number of aromatic nitrogens is 1. The molecule has 3 rings (SSSR count). The number of carbonyl (C=O) groups excluding carboxylic acids is 2. The predicted molar refractivity (Wildman–Crippen MR) is 118 cm³/mol. The molecule has 2 heterocycles. The molecule has 1 aliphatic heterocycles. The van der Waals surface area contributed by atoms with Crippen molar-refractivity contribution in [3.63, 3.8) is 0 Å². The number of nitrogens with one attached hydrogen (secondary N) is 1. The highest BCUT2D eigenvalue weighted by Crippen LogP contribution is 2.12. The van der Waals surface area contributed by atoms with Crippen LogP contribution in [0.1, 0.15) is 41.4 Å². The Morgan fingerprint density at radius 2 is 1.94 bits per heavy atom. The van der Waals surface area contributed by atoms with Gasteiger partial charge in [-0.2, -0.15) is 0 Å². The van der Waals surface area contributed by atoms with Crippen molar-refractivity contribution in [2.24, 2.45) is 0 Å². The van der Waals surface area contributed by atoms with Crippen molar-refractivity contribution >= 4 is 17.6 Å². The lowest BCUT2D eigenvalue weighted by atomic mass is 10.1. The molecule has 0 atom stereocenters. The third-order valence-corrected chi connectivity index (χ3v) is 5.33. The summed E-state index contributed by atoms with van der Waals surface area (Å²) in [5.41, 5.74) is 1.81. The summed E-state index contributed by atoms with van der Waals surface area (Å²) in [6.07, 6.45) is 3.27. The molecule has 2 amide bonds. The molecule has 0 bridgehead atoms. The predicted octanol–water partition coefficient (Wildman–Crippen LogP) is 2.74. The number of unbranched alkanes of at least 4 members (excludes halogenated alkanes) is 1. The molecule has 8 nitrogen and oxygen atoms in total. The van der Waals surface area contributed by atoms with Gasteiger partial charge in [-0.3, -0.25) is 14.5 Å². The summed E-state index contributed by atoms with van der Waals surface area (Å²) in [7, 11) is 0. The van der Waals surface area contributed by atoms with E-state index in [0.29, 0.717) is 43.4 Å². The van der Waals surface area contributed by atoms with E-state index in [4.69, 9.17) is 9.26 Å². The number of amides is 2. The molecule has 1 N–H and O–H groups in total. The number of ether oxygens (including phenoxy) is 1. The van der Waals surface area contributed by atoms with Crippen LogP contribution in [-0.2, 0) is 16.0 Å². The maximum atomic E-state index is 13.2. The Labute approximate surface area is 183 Å². The van der Waals surface area contributed by atoms with Crippen LogP contribution >= 0.6 is 0 Å². The Morgan fingerprint density at radius 1 is 1.19 bits per heavy atom. The van der Waals surface area contributed by atoms with Crippen molar-refractivity contribution in [2.45, 2.75) is 33.1 Å². The van der Waals surface area contributed by atoms with E-state index in [-0.39, 0.29) is 18.4 Å². The lowest BCUT2D eigenvalue weighted by molar-refractivity contribution is -0.117. The molecular formula is C23H32N4O4. The van der Waals surface area contributed by atoms with Crippen molar-refractivity contribution in [2.75, 3.05) is 51.3 Å². The molecule has 0 spiro atoms. The van der Waals surface area contributed by atoms with Gasteiger partial charge in [-0.05, 0) is 37.5 Å². The zero-order valence-corrected chi connectivity index (χ0v) is 18.4. The number of hydrogen-bond donors (Lipinski definition) is 1. The summed E-state index contributed by atoms with van der Waals surface area (Å²) in [5.74, 6) is 0.507. The third kappa shape index (κ3) is 7.18. The average Bonchev–Trinajstić information content (AvgIpc) is 3.20. The van der Waals surface area contributed by atoms with Crippen LogP contribution in [0.4, 0.5) is 5.82 Å². The van der Waals surface area contributed by atoms with Crippen molar-refractivity contribution in [1.82, 2.24) is 15.0 Å². The minimum Gasteiger partial charge on any atom is -0.379 e. The molecule has 0 saturated carbocycles. The van der Waals surface area contributed by atoms with Crippen LogP contribution in [0, 0.1) is 6.92 Å². The molecule has 1 aromatic carbocycles. The van der Waals surface area contributed by atoms with Gasteiger partial charge < -0.3 is 19.5 Å². The monoisotopic (exact) mass is 428 g/mol. The Hall–Kier alpha value is -2.71. The Morgan fingerprint density at radius 3 is 2.58 bits per heavy atom. The van der Waals surface area contributed by atoms with Crippen LogP contribution in [0.2, 0.25) is 0 Å². The van der Waals surface area contributed by atoms with Crippen LogP contribution in [0.15, 0.2) is 34.9 Å². The second-order valence-electron chi connectivity index (χ2n) is 7.85. The van der Waals surface area contributed by atoms with Gasteiger partial charge in [0.15, 0.2) is 5.82 Å². The van der Waals surface area contributed by atoms with Crippen molar-refractivity contribution in [3.05, 3.63) is 47.2 Å². The third-order valence-electron chi connectivity index (χ3n) is 5.33. The lowest BCUT2D eigenvalue weighted by Gasteiger charge is -2.30. The summed E-state index contributed by atoms with van der Waals surface area (Å²) < 4.78 is 10.4. The van der Waals surface area contributed by atoms with Gasteiger partial charge in [-0.25, -0.2) is 0 Å². The first kappa shape index (κ1) is 23.0. The molecular weight excluding hydrogens is 396 g/mol. The van der Waals surface area contributed by atoms with Crippen molar-refractivity contribution < 1.29 is 18.8 Å². The van der Waals surface area contributed by atoms with Crippen molar-refractivity contribution in [1.29, 1.82) is 0 Å². The van der Waals surface area contributed by atoms with Gasteiger partial charge in [0.05, 0.1) is 13.2 Å². The second kappa shape index (κ2) is 11.6.